The predicted molar refractivity (Wildman–Crippen MR) is 137 cm³/mol. The molecule has 1 unspecified atom stereocenters. The fourth-order valence-electron chi connectivity index (χ4n) is 4.00. The van der Waals surface area contributed by atoms with Crippen molar-refractivity contribution >= 4 is 45.1 Å². The van der Waals surface area contributed by atoms with Crippen LogP contribution < -0.4 is 20.1 Å². The molecule has 0 aliphatic rings. The van der Waals surface area contributed by atoms with E-state index >= 15 is 0 Å². The number of furan rings is 1. The molecule has 2 N–H and O–H groups in total. The van der Waals surface area contributed by atoms with E-state index in [4.69, 9.17) is 13.9 Å². The highest BCUT2D eigenvalue weighted by Crippen LogP contribution is 2.36. The Hall–Kier alpha value is -4.04. The molecule has 4 aromatic rings. The number of likely N-dealkylation sites (N-methyl/N-ethyl adjacent to an activating group) is 1. The molecule has 4 rings (SSSR count). The van der Waals surface area contributed by atoms with Crippen molar-refractivity contribution < 1.29 is 23.5 Å². The van der Waals surface area contributed by atoms with Crippen LogP contribution in [0.5, 0.6) is 11.5 Å². The molecule has 2 amide bonds. The van der Waals surface area contributed by atoms with E-state index in [-0.39, 0.29) is 18.4 Å². The summed E-state index contributed by atoms with van der Waals surface area (Å²) in [5, 5.41) is 7.68. The van der Waals surface area contributed by atoms with Crippen LogP contribution >= 0.6 is 0 Å². The molecule has 35 heavy (non-hydrogen) atoms. The summed E-state index contributed by atoms with van der Waals surface area (Å²) in [5.74, 6) is 0.778. The minimum atomic E-state index is -0.558. The van der Waals surface area contributed by atoms with Gasteiger partial charge in [0.15, 0.2) is 0 Å². The Morgan fingerprint density at radius 3 is 2.37 bits per heavy atom. The van der Waals surface area contributed by atoms with E-state index in [0.717, 1.165) is 16.4 Å². The van der Waals surface area contributed by atoms with Gasteiger partial charge in [0, 0.05) is 22.5 Å². The van der Waals surface area contributed by atoms with Crippen LogP contribution in [-0.4, -0.2) is 50.1 Å². The standard InChI is InChI=1S/C27H29N3O5/c1-5-30(16-26(31)28-18-10-12-19(33-3)13-11-18)17(2)27(32)29-22-15-24-21(14-25(22)34-4)20-8-6-7-9-23(20)35-24/h6-15,17H,5,16H2,1-4H3,(H,28,31)(H,29,32). The topological polar surface area (TPSA) is 93.0 Å². The van der Waals surface area contributed by atoms with Crippen LogP contribution in [0.2, 0.25) is 0 Å². The summed E-state index contributed by atoms with van der Waals surface area (Å²) in [6.07, 6.45) is 0. The molecule has 182 valence electrons. The lowest BCUT2D eigenvalue weighted by atomic mass is 10.1. The van der Waals surface area contributed by atoms with Crippen molar-refractivity contribution in [1.82, 2.24) is 4.90 Å². The highest BCUT2D eigenvalue weighted by atomic mass is 16.5. The number of hydrogen-bond donors (Lipinski definition) is 2. The van der Waals surface area contributed by atoms with Gasteiger partial charge in [-0.1, -0.05) is 25.1 Å². The molecule has 8 nitrogen and oxygen atoms in total. The summed E-state index contributed by atoms with van der Waals surface area (Å²) in [7, 11) is 3.15. The molecular formula is C27H29N3O5. The van der Waals surface area contributed by atoms with Crippen LogP contribution in [0.1, 0.15) is 13.8 Å². The number of anilines is 2. The Balaban J connectivity index is 1.46. The van der Waals surface area contributed by atoms with E-state index in [9.17, 15) is 9.59 Å². The molecule has 0 saturated heterocycles. The van der Waals surface area contributed by atoms with Gasteiger partial charge in [-0.25, -0.2) is 0 Å². The number of para-hydroxylation sites is 1. The largest absolute Gasteiger partial charge is 0.497 e. The summed E-state index contributed by atoms with van der Waals surface area (Å²) in [5.41, 5.74) is 2.59. The third-order valence-corrected chi connectivity index (χ3v) is 6.01. The number of fused-ring (bicyclic) bond motifs is 3. The molecule has 1 heterocycles. The zero-order valence-electron chi connectivity index (χ0n) is 20.3. The maximum atomic E-state index is 13.1. The quantitative estimate of drug-likeness (QED) is 0.358. The number of methoxy groups -OCH3 is 2. The summed E-state index contributed by atoms with van der Waals surface area (Å²) >= 11 is 0. The van der Waals surface area contributed by atoms with E-state index in [1.807, 2.05) is 37.3 Å². The molecule has 0 radical (unpaired) electrons. The highest BCUT2D eigenvalue weighted by Gasteiger charge is 2.24. The average molecular weight is 476 g/mol. The van der Waals surface area contributed by atoms with Crippen LogP contribution in [0, 0.1) is 0 Å². The average Bonchev–Trinajstić information content (AvgIpc) is 3.24. The first kappa shape index (κ1) is 24.1. The van der Waals surface area contributed by atoms with Gasteiger partial charge in [0.05, 0.1) is 32.5 Å². The van der Waals surface area contributed by atoms with Crippen molar-refractivity contribution in [2.75, 3.05) is 37.9 Å². The minimum absolute atomic E-state index is 0.0663. The highest BCUT2D eigenvalue weighted by molar-refractivity contribution is 6.08. The number of carbonyl (C=O) groups is 2. The van der Waals surface area contributed by atoms with Gasteiger partial charge in [-0.2, -0.15) is 0 Å². The van der Waals surface area contributed by atoms with Gasteiger partial charge < -0.3 is 24.5 Å². The minimum Gasteiger partial charge on any atom is -0.497 e. The predicted octanol–water partition coefficient (Wildman–Crippen LogP) is 4.89. The second-order valence-corrected chi connectivity index (χ2v) is 8.15. The summed E-state index contributed by atoms with van der Waals surface area (Å²) < 4.78 is 16.6. The lowest BCUT2D eigenvalue weighted by Crippen LogP contribution is -2.45. The number of rotatable bonds is 9. The molecule has 0 bridgehead atoms. The third kappa shape index (κ3) is 5.22. The Bertz CT molecular complexity index is 1350. The Morgan fingerprint density at radius 2 is 1.69 bits per heavy atom. The molecule has 1 aromatic heterocycles. The summed E-state index contributed by atoms with van der Waals surface area (Å²) in [4.78, 5) is 27.5. The maximum absolute atomic E-state index is 13.1. The second-order valence-electron chi connectivity index (χ2n) is 8.15. The Labute approximate surface area is 203 Å². The number of carbonyl (C=O) groups excluding carboxylic acids is 2. The van der Waals surface area contributed by atoms with Gasteiger partial charge in [0.25, 0.3) is 0 Å². The number of ether oxygens (including phenoxy) is 2. The number of hydrogen-bond acceptors (Lipinski definition) is 6. The molecule has 0 aliphatic heterocycles. The van der Waals surface area contributed by atoms with Crippen LogP contribution in [0.3, 0.4) is 0 Å². The third-order valence-electron chi connectivity index (χ3n) is 6.01. The number of nitrogens with zero attached hydrogens (tertiary/aromatic N) is 1. The second kappa shape index (κ2) is 10.5. The van der Waals surface area contributed by atoms with Gasteiger partial charge >= 0.3 is 0 Å². The number of amides is 2. The lowest BCUT2D eigenvalue weighted by molar-refractivity contribution is -0.123. The molecule has 3 aromatic carbocycles. The molecular weight excluding hydrogens is 446 g/mol. The van der Waals surface area contributed by atoms with Gasteiger partial charge in [-0.3, -0.25) is 14.5 Å². The zero-order chi connectivity index (χ0) is 24.9. The molecule has 1 atom stereocenters. The summed E-state index contributed by atoms with van der Waals surface area (Å²) in [6, 6.07) is 17.9. The fraction of sp³-hybridized carbons (Fsp3) is 0.259. The normalized spacial score (nSPS) is 12.0. The van der Waals surface area contributed by atoms with Crippen LogP contribution in [-0.2, 0) is 9.59 Å². The Morgan fingerprint density at radius 1 is 0.943 bits per heavy atom. The maximum Gasteiger partial charge on any atom is 0.241 e. The summed E-state index contributed by atoms with van der Waals surface area (Å²) in [6.45, 7) is 4.26. The molecule has 0 fully saturated rings. The van der Waals surface area contributed by atoms with Gasteiger partial charge in [-0.05, 0) is 49.9 Å². The van der Waals surface area contributed by atoms with E-state index in [1.54, 1.807) is 56.4 Å². The SMILES string of the molecule is CCN(CC(=O)Nc1ccc(OC)cc1)C(C)C(=O)Nc1cc2oc3ccccc3c2cc1OC. The molecule has 0 aliphatic carbocycles. The number of nitrogens with one attached hydrogen (secondary N) is 2. The first-order valence-corrected chi connectivity index (χ1v) is 11.4. The van der Waals surface area contributed by atoms with Crippen molar-refractivity contribution in [3.05, 3.63) is 60.7 Å². The van der Waals surface area contributed by atoms with Crippen molar-refractivity contribution in [3.63, 3.8) is 0 Å². The van der Waals surface area contributed by atoms with Crippen LogP contribution in [0.4, 0.5) is 11.4 Å². The zero-order valence-corrected chi connectivity index (χ0v) is 20.3. The van der Waals surface area contributed by atoms with Gasteiger partial charge in [0.1, 0.15) is 22.7 Å². The van der Waals surface area contributed by atoms with Crippen molar-refractivity contribution in [3.8, 4) is 11.5 Å². The molecule has 8 heteroatoms. The fourth-order valence-corrected chi connectivity index (χ4v) is 4.00. The monoisotopic (exact) mass is 475 g/mol. The Kier molecular flexibility index (Phi) is 7.22. The molecule has 0 saturated carbocycles. The van der Waals surface area contributed by atoms with E-state index in [2.05, 4.69) is 10.6 Å². The van der Waals surface area contributed by atoms with Crippen LogP contribution in [0.25, 0.3) is 21.9 Å². The lowest BCUT2D eigenvalue weighted by Gasteiger charge is -2.26. The van der Waals surface area contributed by atoms with Crippen molar-refractivity contribution in [1.29, 1.82) is 0 Å². The van der Waals surface area contributed by atoms with Gasteiger partial charge in [-0.15, -0.1) is 0 Å². The van der Waals surface area contributed by atoms with Crippen molar-refractivity contribution in [2.45, 2.75) is 19.9 Å². The van der Waals surface area contributed by atoms with E-state index in [0.29, 0.717) is 35.0 Å². The first-order chi connectivity index (χ1) is 16.9. The molecule has 0 spiro atoms. The van der Waals surface area contributed by atoms with Crippen molar-refractivity contribution in [2.24, 2.45) is 0 Å². The van der Waals surface area contributed by atoms with Gasteiger partial charge in [0.2, 0.25) is 11.8 Å². The van der Waals surface area contributed by atoms with E-state index in [1.165, 1.54) is 0 Å². The number of benzene rings is 3. The van der Waals surface area contributed by atoms with E-state index < -0.39 is 6.04 Å². The smallest absolute Gasteiger partial charge is 0.241 e. The van der Waals surface area contributed by atoms with Crippen LogP contribution in [0.15, 0.2) is 65.1 Å². The first-order valence-electron chi connectivity index (χ1n) is 11.4.